The number of hydrogen-bond donors (Lipinski definition) is 2. The predicted octanol–water partition coefficient (Wildman–Crippen LogP) is 3.12. The number of rotatable bonds is 6. The maximum Gasteiger partial charge on any atom is 0.0445 e. The van der Waals surface area contributed by atoms with Crippen LogP contribution in [-0.2, 0) is 0 Å². The normalized spacial score (nSPS) is 14.6. The molecular weight excluding hydrogens is 210 g/mol. The van der Waals surface area contributed by atoms with Gasteiger partial charge in [-0.15, -0.1) is 0 Å². The topological polar surface area (TPSA) is 32.3 Å². The van der Waals surface area contributed by atoms with Crippen molar-refractivity contribution in [2.24, 2.45) is 0 Å². The summed E-state index contributed by atoms with van der Waals surface area (Å²) in [6, 6.07) is 7.31. The summed E-state index contributed by atoms with van der Waals surface area (Å²) in [6.07, 6.45) is 1.88. The second-order valence-corrected chi connectivity index (χ2v) is 4.87. The Morgan fingerprint density at radius 3 is 2.59 bits per heavy atom. The summed E-state index contributed by atoms with van der Waals surface area (Å²) in [7, 11) is 0. The maximum absolute atomic E-state index is 9.01. The van der Waals surface area contributed by atoms with Gasteiger partial charge in [0.1, 0.15) is 0 Å². The smallest absolute Gasteiger partial charge is 0.0445 e. The first-order chi connectivity index (χ1) is 8.08. The molecule has 1 rings (SSSR count). The summed E-state index contributed by atoms with van der Waals surface area (Å²) >= 11 is 0. The molecule has 0 aromatic heterocycles. The molecular formula is C15H25NO. The van der Waals surface area contributed by atoms with Crippen molar-refractivity contribution >= 4 is 0 Å². The fraction of sp³-hybridized carbons (Fsp3) is 0.600. The highest BCUT2D eigenvalue weighted by Crippen LogP contribution is 2.20. The highest BCUT2D eigenvalue weighted by molar-refractivity contribution is 5.32. The van der Waals surface area contributed by atoms with E-state index in [1.54, 1.807) is 0 Å². The van der Waals surface area contributed by atoms with Crippen LogP contribution in [0.3, 0.4) is 0 Å². The molecule has 0 spiro atoms. The van der Waals surface area contributed by atoms with Gasteiger partial charge in [0, 0.05) is 18.7 Å². The maximum atomic E-state index is 9.01. The van der Waals surface area contributed by atoms with Crippen LogP contribution in [0.15, 0.2) is 18.2 Å². The van der Waals surface area contributed by atoms with Crippen LogP contribution in [0.2, 0.25) is 0 Å². The van der Waals surface area contributed by atoms with E-state index in [4.69, 9.17) is 5.11 Å². The van der Waals surface area contributed by atoms with Gasteiger partial charge in [-0.1, -0.05) is 30.7 Å². The Kier molecular flexibility index (Phi) is 5.66. The van der Waals surface area contributed by atoms with Crippen LogP contribution < -0.4 is 5.32 Å². The Bertz CT molecular complexity index is 349. The zero-order valence-electron chi connectivity index (χ0n) is 11.5. The molecule has 2 atom stereocenters. The van der Waals surface area contributed by atoms with Crippen LogP contribution in [0.4, 0.5) is 0 Å². The first-order valence-electron chi connectivity index (χ1n) is 6.52. The molecule has 2 N–H and O–H groups in total. The van der Waals surface area contributed by atoms with E-state index in [9.17, 15) is 0 Å². The SMILES string of the molecule is CCC(CCO)NC(C)c1cc(C)ccc1C. The Balaban J connectivity index is 2.74. The quantitative estimate of drug-likeness (QED) is 0.794. The molecule has 0 aliphatic carbocycles. The van der Waals surface area contributed by atoms with Crippen molar-refractivity contribution in [2.75, 3.05) is 6.61 Å². The highest BCUT2D eigenvalue weighted by atomic mass is 16.3. The first-order valence-corrected chi connectivity index (χ1v) is 6.52. The van der Waals surface area contributed by atoms with E-state index in [2.05, 4.69) is 51.2 Å². The molecule has 0 bridgehead atoms. The summed E-state index contributed by atoms with van der Waals surface area (Å²) in [6.45, 7) is 8.89. The molecule has 2 unspecified atom stereocenters. The molecule has 1 aromatic carbocycles. The van der Waals surface area contributed by atoms with Crippen LogP contribution in [0.25, 0.3) is 0 Å². The first kappa shape index (κ1) is 14.2. The number of aryl methyl sites for hydroxylation is 2. The molecule has 2 nitrogen and oxygen atoms in total. The van der Waals surface area contributed by atoms with Crippen molar-refractivity contribution in [1.82, 2.24) is 5.32 Å². The molecule has 0 radical (unpaired) electrons. The molecule has 0 aliphatic rings. The van der Waals surface area contributed by atoms with E-state index < -0.39 is 0 Å². The van der Waals surface area contributed by atoms with Crippen molar-refractivity contribution in [1.29, 1.82) is 0 Å². The Morgan fingerprint density at radius 2 is 2.00 bits per heavy atom. The number of nitrogens with one attached hydrogen (secondary N) is 1. The van der Waals surface area contributed by atoms with Crippen LogP contribution in [-0.4, -0.2) is 17.8 Å². The van der Waals surface area contributed by atoms with E-state index in [1.807, 2.05) is 0 Å². The van der Waals surface area contributed by atoms with Crippen LogP contribution >= 0.6 is 0 Å². The number of benzene rings is 1. The molecule has 96 valence electrons. The molecule has 1 aromatic rings. The monoisotopic (exact) mass is 235 g/mol. The number of hydrogen-bond acceptors (Lipinski definition) is 2. The zero-order chi connectivity index (χ0) is 12.8. The average molecular weight is 235 g/mol. The Morgan fingerprint density at radius 1 is 1.29 bits per heavy atom. The second kappa shape index (κ2) is 6.77. The van der Waals surface area contributed by atoms with E-state index in [0.29, 0.717) is 12.1 Å². The molecule has 17 heavy (non-hydrogen) atoms. The highest BCUT2D eigenvalue weighted by Gasteiger charge is 2.13. The fourth-order valence-corrected chi connectivity index (χ4v) is 2.23. The van der Waals surface area contributed by atoms with Crippen LogP contribution in [0.5, 0.6) is 0 Å². The van der Waals surface area contributed by atoms with Gasteiger partial charge in [-0.25, -0.2) is 0 Å². The number of aliphatic hydroxyl groups is 1. The van der Waals surface area contributed by atoms with Gasteiger partial charge in [0.2, 0.25) is 0 Å². The lowest BCUT2D eigenvalue weighted by Crippen LogP contribution is -2.32. The zero-order valence-corrected chi connectivity index (χ0v) is 11.5. The fourth-order valence-electron chi connectivity index (χ4n) is 2.23. The molecule has 2 heteroatoms. The summed E-state index contributed by atoms with van der Waals surface area (Å²) in [5.74, 6) is 0. The van der Waals surface area contributed by atoms with Crippen molar-refractivity contribution in [3.05, 3.63) is 34.9 Å². The second-order valence-electron chi connectivity index (χ2n) is 4.87. The molecule has 0 heterocycles. The van der Waals surface area contributed by atoms with E-state index in [0.717, 1.165) is 12.8 Å². The van der Waals surface area contributed by atoms with Gasteiger partial charge in [-0.2, -0.15) is 0 Å². The summed E-state index contributed by atoms with van der Waals surface area (Å²) in [4.78, 5) is 0. The van der Waals surface area contributed by atoms with Gasteiger partial charge in [0.05, 0.1) is 0 Å². The average Bonchev–Trinajstić information content (AvgIpc) is 2.31. The lowest BCUT2D eigenvalue weighted by Gasteiger charge is -2.23. The minimum Gasteiger partial charge on any atom is -0.396 e. The van der Waals surface area contributed by atoms with Gasteiger partial charge < -0.3 is 10.4 Å². The van der Waals surface area contributed by atoms with E-state index in [-0.39, 0.29) is 6.61 Å². The van der Waals surface area contributed by atoms with Crippen molar-refractivity contribution in [3.8, 4) is 0 Å². The molecule has 0 aliphatic heterocycles. The standard InChI is InChI=1S/C15H25NO/c1-5-14(8-9-17)16-13(4)15-10-11(2)6-7-12(15)3/h6-7,10,13-14,16-17H,5,8-9H2,1-4H3. The molecule has 0 saturated carbocycles. The Hall–Kier alpha value is -0.860. The van der Waals surface area contributed by atoms with Gasteiger partial charge in [-0.05, 0) is 44.7 Å². The van der Waals surface area contributed by atoms with Gasteiger partial charge in [-0.3, -0.25) is 0 Å². The molecule has 0 amide bonds. The third-order valence-corrected chi connectivity index (χ3v) is 3.36. The van der Waals surface area contributed by atoms with Gasteiger partial charge in [0.15, 0.2) is 0 Å². The molecule has 0 fully saturated rings. The lowest BCUT2D eigenvalue weighted by molar-refractivity contribution is 0.257. The van der Waals surface area contributed by atoms with Crippen LogP contribution in [0.1, 0.15) is 49.4 Å². The van der Waals surface area contributed by atoms with E-state index in [1.165, 1.54) is 16.7 Å². The number of aliphatic hydroxyl groups excluding tert-OH is 1. The molecule has 0 saturated heterocycles. The summed E-state index contributed by atoms with van der Waals surface area (Å²) in [5, 5.41) is 12.6. The van der Waals surface area contributed by atoms with Crippen molar-refractivity contribution in [3.63, 3.8) is 0 Å². The largest absolute Gasteiger partial charge is 0.396 e. The van der Waals surface area contributed by atoms with Crippen LogP contribution in [0, 0.1) is 13.8 Å². The predicted molar refractivity (Wildman–Crippen MR) is 73.2 cm³/mol. The van der Waals surface area contributed by atoms with Crippen molar-refractivity contribution < 1.29 is 5.11 Å². The van der Waals surface area contributed by atoms with Gasteiger partial charge >= 0.3 is 0 Å². The Labute approximate surface area is 105 Å². The third-order valence-electron chi connectivity index (χ3n) is 3.36. The van der Waals surface area contributed by atoms with E-state index >= 15 is 0 Å². The van der Waals surface area contributed by atoms with Gasteiger partial charge in [0.25, 0.3) is 0 Å². The lowest BCUT2D eigenvalue weighted by atomic mass is 9.98. The summed E-state index contributed by atoms with van der Waals surface area (Å²) < 4.78 is 0. The van der Waals surface area contributed by atoms with Crippen molar-refractivity contribution in [2.45, 2.75) is 52.6 Å². The minimum atomic E-state index is 0.255. The summed E-state index contributed by atoms with van der Waals surface area (Å²) in [5.41, 5.74) is 3.99. The third kappa shape index (κ3) is 4.14. The minimum absolute atomic E-state index is 0.255.